The van der Waals surface area contributed by atoms with Crippen molar-refractivity contribution < 1.29 is 8.78 Å². The number of benzene rings is 2. The Labute approximate surface area is 124 Å². The van der Waals surface area contributed by atoms with Gasteiger partial charge < -0.3 is 0 Å². The van der Waals surface area contributed by atoms with Crippen LogP contribution >= 0.6 is 27.5 Å². The predicted molar refractivity (Wildman–Crippen MR) is 77.9 cm³/mol. The van der Waals surface area contributed by atoms with Crippen LogP contribution in [0, 0.1) is 18.6 Å². The first-order valence-electron chi connectivity index (χ1n) is 5.81. The van der Waals surface area contributed by atoms with E-state index in [2.05, 4.69) is 15.9 Å². The normalized spacial score (nSPS) is 12.5. The smallest absolute Gasteiger partial charge is 0.127 e. The van der Waals surface area contributed by atoms with Crippen LogP contribution in [-0.4, -0.2) is 0 Å². The lowest BCUT2D eigenvalue weighted by Crippen LogP contribution is -1.99. The molecule has 100 valence electrons. The lowest BCUT2D eigenvalue weighted by molar-refractivity contribution is 0.617. The first-order chi connectivity index (χ1) is 8.97. The molecule has 0 amide bonds. The van der Waals surface area contributed by atoms with Crippen molar-refractivity contribution in [3.05, 3.63) is 69.7 Å². The van der Waals surface area contributed by atoms with Crippen LogP contribution in [-0.2, 0) is 6.42 Å². The SMILES string of the molecule is Cc1cc(C(Br)Cc2cccc(F)c2)c(Cl)cc1F. The molecule has 4 heteroatoms. The van der Waals surface area contributed by atoms with Gasteiger partial charge in [0.15, 0.2) is 0 Å². The Morgan fingerprint density at radius 3 is 2.63 bits per heavy atom. The van der Waals surface area contributed by atoms with Crippen molar-refractivity contribution in [3.63, 3.8) is 0 Å². The molecule has 0 nitrogen and oxygen atoms in total. The van der Waals surface area contributed by atoms with Gasteiger partial charge in [0.1, 0.15) is 11.6 Å². The molecule has 2 rings (SSSR count). The molecule has 19 heavy (non-hydrogen) atoms. The minimum absolute atomic E-state index is 0.0823. The molecule has 2 aromatic carbocycles. The zero-order chi connectivity index (χ0) is 14.0. The van der Waals surface area contributed by atoms with Crippen molar-refractivity contribution in [1.82, 2.24) is 0 Å². The van der Waals surface area contributed by atoms with Crippen LogP contribution in [0.1, 0.15) is 21.5 Å². The topological polar surface area (TPSA) is 0 Å². The lowest BCUT2D eigenvalue weighted by atomic mass is 10.0. The van der Waals surface area contributed by atoms with Crippen molar-refractivity contribution in [2.45, 2.75) is 18.2 Å². The van der Waals surface area contributed by atoms with Crippen molar-refractivity contribution >= 4 is 27.5 Å². The maximum atomic E-state index is 13.4. The van der Waals surface area contributed by atoms with E-state index >= 15 is 0 Å². The summed E-state index contributed by atoms with van der Waals surface area (Å²) in [5.41, 5.74) is 2.22. The Hall–Kier alpha value is -0.930. The summed E-state index contributed by atoms with van der Waals surface area (Å²) in [6, 6.07) is 9.44. The summed E-state index contributed by atoms with van der Waals surface area (Å²) in [5, 5.41) is 0.376. The third kappa shape index (κ3) is 3.54. The summed E-state index contributed by atoms with van der Waals surface area (Å²) in [5.74, 6) is -0.585. The van der Waals surface area contributed by atoms with Gasteiger partial charge in [-0.15, -0.1) is 0 Å². The molecular weight excluding hydrogens is 334 g/mol. The molecular formula is C15H12BrClF2. The summed E-state index contributed by atoms with van der Waals surface area (Å²) in [7, 11) is 0. The van der Waals surface area contributed by atoms with Gasteiger partial charge in [-0.05, 0) is 48.2 Å². The zero-order valence-corrected chi connectivity index (χ0v) is 12.6. The summed E-state index contributed by atoms with van der Waals surface area (Å²) in [4.78, 5) is -0.0823. The van der Waals surface area contributed by atoms with Crippen molar-refractivity contribution in [3.8, 4) is 0 Å². The number of aryl methyl sites for hydroxylation is 1. The van der Waals surface area contributed by atoms with Crippen molar-refractivity contribution in [2.75, 3.05) is 0 Å². The number of alkyl halides is 1. The Morgan fingerprint density at radius 1 is 1.21 bits per heavy atom. The molecule has 0 saturated heterocycles. The largest absolute Gasteiger partial charge is 0.207 e. The Morgan fingerprint density at radius 2 is 1.95 bits per heavy atom. The molecule has 0 radical (unpaired) electrons. The molecule has 0 aliphatic rings. The first kappa shape index (κ1) is 14.5. The third-order valence-corrected chi connectivity index (χ3v) is 4.06. The molecule has 1 unspecified atom stereocenters. The van der Waals surface area contributed by atoms with Gasteiger partial charge in [-0.3, -0.25) is 0 Å². The fraction of sp³-hybridized carbons (Fsp3) is 0.200. The average Bonchev–Trinajstić information content (AvgIpc) is 2.33. The van der Waals surface area contributed by atoms with Gasteiger partial charge >= 0.3 is 0 Å². The van der Waals surface area contributed by atoms with Crippen LogP contribution in [0.15, 0.2) is 36.4 Å². The average molecular weight is 346 g/mol. The van der Waals surface area contributed by atoms with Gasteiger partial charge in [-0.2, -0.15) is 0 Å². The van der Waals surface area contributed by atoms with E-state index in [9.17, 15) is 8.78 Å². The van der Waals surface area contributed by atoms with Crippen LogP contribution in [0.5, 0.6) is 0 Å². The molecule has 0 bridgehead atoms. The second-order valence-electron chi connectivity index (χ2n) is 4.42. The minimum atomic E-state index is -0.320. The van der Waals surface area contributed by atoms with Crippen LogP contribution in [0.25, 0.3) is 0 Å². The summed E-state index contributed by atoms with van der Waals surface area (Å²) >= 11 is 9.58. The lowest BCUT2D eigenvalue weighted by Gasteiger charge is -2.13. The highest BCUT2D eigenvalue weighted by Crippen LogP contribution is 2.34. The number of rotatable bonds is 3. The van der Waals surface area contributed by atoms with E-state index in [1.165, 1.54) is 18.2 Å². The second-order valence-corrected chi connectivity index (χ2v) is 5.94. The second kappa shape index (κ2) is 6.02. The van der Waals surface area contributed by atoms with Gasteiger partial charge in [0.25, 0.3) is 0 Å². The quantitative estimate of drug-likeness (QED) is 0.635. The van der Waals surface area contributed by atoms with Crippen LogP contribution < -0.4 is 0 Å². The van der Waals surface area contributed by atoms with E-state index < -0.39 is 0 Å². The zero-order valence-electron chi connectivity index (χ0n) is 10.3. The van der Waals surface area contributed by atoms with E-state index in [-0.39, 0.29) is 16.5 Å². The molecule has 1 atom stereocenters. The molecule has 0 N–H and O–H groups in total. The predicted octanol–water partition coefficient (Wildman–Crippen LogP) is 5.61. The highest BCUT2D eigenvalue weighted by atomic mass is 79.9. The summed E-state index contributed by atoms with van der Waals surface area (Å²) in [6.07, 6.45) is 0.586. The maximum absolute atomic E-state index is 13.4. The molecule has 0 spiro atoms. The number of hydrogen-bond acceptors (Lipinski definition) is 0. The molecule has 0 fully saturated rings. The van der Waals surface area contributed by atoms with E-state index in [0.29, 0.717) is 17.0 Å². The molecule has 0 saturated carbocycles. The van der Waals surface area contributed by atoms with Crippen molar-refractivity contribution in [1.29, 1.82) is 0 Å². The van der Waals surface area contributed by atoms with Crippen LogP contribution in [0.4, 0.5) is 8.78 Å². The van der Waals surface area contributed by atoms with E-state index in [1.807, 2.05) is 6.07 Å². The fourth-order valence-corrected chi connectivity index (χ4v) is 3.07. The summed E-state index contributed by atoms with van der Waals surface area (Å²) in [6.45, 7) is 1.69. The highest BCUT2D eigenvalue weighted by molar-refractivity contribution is 9.09. The maximum Gasteiger partial charge on any atom is 0.127 e. The first-order valence-corrected chi connectivity index (χ1v) is 7.11. The van der Waals surface area contributed by atoms with Gasteiger partial charge in [0.05, 0.1) is 0 Å². The fourth-order valence-electron chi connectivity index (χ4n) is 1.90. The van der Waals surface area contributed by atoms with E-state index in [4.69, 9.17) is 11.6 Å². The van der Waals surface area contributed by atoms with E-state index in [1.54, 1.807) is 19.1 Å². The molecule has 2 aromatic rings. The van der Waals surface area contributed by atoms with Crippen LogP contribution in [0.2, 0.25) is 5.02 Å². The Bertz CT molecular complexity index is 599. The highest BCUT2D eigenvalue weighted by Gasteiger charge is 2.14. The molecule has 0 heterocycles. The van der Waals surface area contributed by atoms with Gasteiger partial charge in [0.2, 0.25) is 0 Å². The summed E-state index contributed by atoms with van der Waals surface area (Å²) < 4.78 is 26.5. The van der Waals surface area contributed by atoms with Gasteiger partial charge in [-0.1, -0.05) is 45.7 Å². The molecule has 0 aliphatic carbocycles. The van der Waals surface area contributed by atoms with Gasteiger partial charge in [0, 0.05) is 9.85 Å². The Kier molecular flexibility index (Phi) is 4.58. The number of halogens is 4. The number of hydrogen-bond donors (Lipinski definition) is 0. The molecule has 0 aliphatic heterocycles. The molecule has 0 aromatic heterocycles. The third-order valence-electron chi connectivity index (χ3n) is 2.92. The van der Waals surface area contributed by atoms with E-state index in [0.717, 1.165) is 11.1 Å². The minimum Gasteiger partial charge on any atom is -0.207 e. The van der Waals surface area contributed by atoms with Crippen LogP contribution in [0.3, 0.4) is 0 Å². The standard InChI is InChI=1S/C15H12BrClF2/c1-9-5-12(14(17)8-15(9)19)13(16)7-10-3-2-4-11(18)6-10/h2-6,8,13H,7H2,1H3. The Balaban J connectivity index is 2.25. The monoisotopic (exact) mass is 344 g/mol. The van der Waals surface area contributed by atoms with Crippen molar-refractivity contribution in [2.24, 2.45) is 0 Å². The van der Waals surface area contributed by atoms with Gasteiger partial charge in [-0.25, -0.2) is 8.78 Å².